The fourth-order valence-electron chi connectivity index (χ4n) is 0.167. The Morgan fingerprint density at radius 3 is 3.00 bits per heavy atom. The Labute approximate surface area is 41.1 Å². The first-order chi connectivity index (χ1) is 2.50. The van der Waals surface area contributed by atoms with Gasteiger partial charge in [-0.05, 0) is 0 Å². The van der Waals surface area contributed by atoms with Crippen LogP contribution in [0.2, 0.25) is 0 Å². The van der Waals surface area contributed by atoms with Gasteiger partial charge in [0.15, 0.2) is 0 Å². The van der Waals surface area contributed by atoms with Crippen LogP contribution >= 0.6 is 0 Å². The number of nitrogens with one attached hydrogen (secondary N) is 1. The van der Waals surface area contributed by atoms with Crippen molar-refractivity contribution in [2.45, 2.75) is 0 Å². The van der Waals surface area contributed by atoms with Crippen molar-refractivity contribution in [1.82, 2.24) is 5.43 Å². The predicted octanol–water partition coefficient (Wildman–Crippen LogP) is -0.664. The van der Waals surface area contributed by atoms with Gasteiger partial charge < -0.3 is 0 Å². The second kappa shape index (κ2) is 1.55. The second-order valence-corrected chi connectivity index (χ2v) is 2.90. The third kappa shape index (κ3) is 0.718. The van der Waals surface area contributed by atoms with Crippen LogP contribution in [0.5, 0.6) is 0 Å². The van der Waals surface area contributed by atoms with Crippen LogP contribution in [0.25, 0.3) is 0 Å². The van der Waals surface area contributed by atoms with Crippen molar-refractivity contribution >= 4 is 29.4 Å². The SMILES string of the molecule is C1=[N][In]=[N]N1. The van der Waals surface area contributed by atoms with E-state index in [1.807, 2.05) is 0 Å². The zero-order valence-corrected chi connectivity index (χ0v) is 5.84. The fraction of sp³-hybridized carbons (Fsp3) is 0. The number of hydrogen-bond acceptors (Lipinski definition) is 3. The van der Waals surface area contributed by atoms with E-state index in [0.717, 1.165) is 0 Å². The Bertz CT molecular complexity index is 65.0. The summed E-state index contributed by atoms with van der Waals surface area (Å²) in [5, 5.41) is 0. The van der Waals surface area contributed by atoms with Crippen LogP contribution < -0.4 is 5.43 Å². The molecule has 0 unspecified atom stereocenters. The van der Waals surface area contributed by atoms with E-state index >= 15 is 0 Å². The van der Waals surface area contributed by atoms with Gasteiger partial charge in [0.2, 0.25) is 0 Å². The van der Waals surface area contributed by atoms with E-state index in [4.69, 9.17) is 0 Å². The summed E-state index contributed by atoms with van der Waals surface area (Å²) in [4.78, 5) is 0. The van der Waals surface area contributed by atoms with Gasteiger partial charge in [0.1, 0.15) is 0 Å². The van der Waals surface area contributed by atoms with E-state index in [1.54, 1.807) is 6.34 Å². The molecule has 0 aromatic heterocycles. The molecule has 0 aliphatic carbocycles. The van der Waals surface area contributed by atoms with E-state index in [1.165, 1.54) is 0 Å². The molecule has 0 atom stereocenters. The van der Waals surface area contributed by atoms with E-state index < -0.39 is 23.0 Å². The third-order valence-corrected chi connectivity index (χ3v) is 1.89. The Kier molecular flexibility index (Phi) is 1.03. The van der Waals surface area contributed by atoms with Crippen LogP contribution in [0.1, 0.15) is 0 Å². The summed E-state index contributed by atoms with van der Waals surface area (Å²) in [5.74, 6) is 0. The topological polar surface area (TPSA) is 36.8 Å². The first-order valence-electron chi connectivity index (χ1n) is 1.29. The average molecular weight is 171 g/mol. The quantitative estimate of drug-likeness (QED) is 0.515. The van der Waals surface area contributed by atoms with Crippen molar-refractivity contribution < 1.29 is 0 Å². The molecule has 0 saturated carbocycles. The zero-order chi connectivity index (χ0) is 3.54. The van der Waals surface area contributed by atoms with Crippen molar-refractivity contribution in [3.05, 3.63) is 0 Å². The van der Waals surface area contributed by atoms with Crippen LogP contribution in [0.4, 0.5) is 0 Å². The molecule has 4 heteroatoms. The van der Waals surface area contributed by atoms with Gasteiger partial charge in [-0.3, -0.25) is 0 Å². The molecule has 5 heavy (non-hydrogen) atoms. The summed E-state index contributed by atoms with van der Waals surface area (Å²) in [6.45, 7) is 0. The summed E-state index contributed by atoms with van der Waals surface area (Å²) in [6, 6.07) is 0. The molecular weight excluding hydrogens is 169 g/mol. The van der Waals surface area contributed by atoms with E-state index in [0.29, 0.717) is 0 Å². The Morgan fingerprint density at radius 1 is 1.80 bits per heavy atom. The van der Waals surface area contributed by atoms with Crippen molar-refractivity contribution in [1.29, 1.82) is 0 Å². The molecule has 1 N–H and O–H groups in total. The fourth-order valence-corrected chi connectivity index (χ4v) is 1.12. The number of rotatable bonds is 0. The molecule has 0 amide bonds. The molecule has 0 aromatic carbocycles. The summed E-state index contributed by atoms with van der Waals surface area (Å²) < 4.78 is 7.67. The van der Waals surface area contributed by atoms with E-state index in [-0.39, 0.29) is 0 Å². The van der Waals surface area contributed by atoms with Gasteiger partial charge in [-0.15, -0.1) is 0 Å². The van der Waals surface area contributed by atoms with Gasteiger partial charge in [0, 0.05) is 0 Å². The van der Waals surface area contributed by atoms with Crippen molar-refractivity contribution in [3.63, 3.8) is 0 Å². The molecule has 3 nitrogen and oxygen atoms in total. The molecule has 0 fully saturated rings. The van der Waals surface area contributed by atoms with Crippen molar-refractivity contribution in [2.24, 2.45) is 6.01 Å². The first-order valence-corrected chi connectivity index (χ1v) is 4.23. The molecule has 0 spiro atoms. The molecular formula is CH2InN3. The zero-order valence-electron chi connectivity index (χ0n) is 2.55. The van der Waals surface area contributed by atoms with Crippen LogP contribution in [-0.2, 0) is 0 Å². The summed E-state index contributed by atoms with van der Waals surface area (Å²) in [6.07, 6.45) is 1.65. The maximum atomic E-state index is 3.87. The van der Waals surface area contributed by atoms with E-state index in [9.17, 15) is 0 Å². The average Bonchev–Trinajstić information content (AvgIpc) is 1.76. The molecule has 24 valence electrons. The Hall–Kier alpha value is 0.140. The molecule has 1 heterocycles. The predicted molar refractivity (Wildman–Crippen MR) is 19.8 cm³/mol. The Morgan fingerprint density at radius 2 is 2.80 bits per heavy atom. The third-order valence-electron chi connectivity index (χ3n) is 0.331. The van der Waals surface area contributed by atoms with Gasteiger partial charge in [-0.2, -0.15) is 0 Å². The molecule has 1 aliphatic rings. The van der Waals surface area contributed by atoms with Gasteiger partial charge in [-0.1, -0.05) is 0 Å². The molecule has 1 rings (SSSR count). The monoisotopic (exact) mass is 171 g/mol. The molecule has 0 bridgehead atoms. The van der Waals surface area contributed by atoms with Gasteiger partial charge in [-0.25, -0.2) is 0 Å². The minimum atomic E-state index is -0.726. The molecule has 0 aromatic rings. The van der Waals surface area contributed by atoms with Gasteiger partial charge in [0.25, 0.3) is 0 Å². The van der Waals surface area contributed by atoms with Crippen LogP contribution in [0, 0.1) is 0 Å². The standard InChI is InChI=1S/CH2N3.In/c2-1-4-3;/h1H,(H-,2,4);/q-1;+1. The van der Waals surface area contributed by atoms with Crippen LogP contribution in [0.3, 0.4) is 0 Å². The van der Waals surface area contributed by atoms with Crippen LogP contribution in [0.15, 0.2) is 6.01 Å². The summed E-state index contributed by atoms with van der Waals surface area (Å²) in [5.41, 5.74) is 2.64. The molecule has 0 saturated heterocycles. The van der Waals surface area contributed by atoms with E-state index in [2.05, 4.69) is 11.4 Å². The second-order valence-electron chi connectivity index (χ2n) is 0.652. The summed E-state index contributed by atoms with van der Waals surface area (Å²) >= 11 is -0.726. The van der Waals surface area contributed by atoms with Crippen molar-refractivity contribution in [2.75, 3.05) is 0 Å². The number of hydrogen-bond donors (Lipinski definition) is 1. The number of nitrogens with zero attached hydrogens (tertiary/aromatic N) is 2. The molecule has 0 radical (unpaired) electrons. The first kappa shape index (κ1) is 3.33. The van der Waals surface area contributed by atoms with Crippen LogP contribution in [-0.4, -0.2) is 29.4 Å². The maximum absolute atomic E-state index is 3.87. The Balaban J connectivity index is 2.61. The molecule has 1 aliphatic heterocycles. The van der Waals surface area contributed by atoms with Crippen molar-refractivity contribution in [3.8, 4) is 0 Å². The van der Waals surface area contributed by atoms with Gasteiger partial charge >= 0.3 is 40.8 Å². The minimum absolute atomic E-state index is 0.726. The normalized spacial score (nSPS) is 14.4. The van der Waals surface area contributed by atoms with Gasteiger partial charge in [0.05, 0.1) is 0 Å². The summed E-state index contributed by atoms with van der Waals surface area (Å²) in [7, 11) is 0.